The average molecular weight is 449 g/mol. The van der Waals surface area contributed by atoms with Crippen LogP contribution in [0.3, 0.4) is 0 Å². The molecule has 0 aliphatic carbocycles. The summed E-state index contributed by atoms with van der Waals surface area (Å²) in [5, 5.41) is 3.84. The van der Waals surface area contributed by atoms with Gasteiger partial charge in [0.2, 0.25) is 0 Å². The molecule has 4 rings (SSSR count). The van der Waals surface area contributed by atoms with Gasteiger partial charge in [-0.15, -0.1) is 0 Å². The van der Waals surface area contributed by atoms with Gasteiger partial charge in [-0.1, -0.05) is 43.0 Å². The molecule has 0 aliphatic heterocycles. The van der Waals surface area contributed by atoms with Gasteiger partial charge in [0.05, 0.1) is 6.54 Å². The summed E-state index contributed by atoms with van der Waals surface area (Å²) in [5.41, 5.74) is 4.37. The van der Waals surface area contributed by atoms with Crippen LogP contribution in [0.15, 0.2) is 72.0 Å². The highest BCUT2D eigenvalue weighted by Gasteiger charge is 2.14. The number of hydrogen-bond acceptors (Lipinski definition) is 4. The smallest absolute Gasteiger partial charge is 0.251 e. The quantitative estimate of drug-likeness (QED) is 0.365. The molecule has 2 aromatic heterocycles. The van der Waals surface area contributed by atoms with Crippen LogP contribution >= 0.6 is 11.8 Å². The number of halogens is 1. The van der Waals surface area contributed by atoms with Crippen LogP contribution in [0.5, 0.6) is 0 Å². The number of aromatic nitrogens is 3. The maximum absolute atomic E-state index is 13.2. The molecule has 1 unspecified atom stereocenters. The van der Waals surface area contributed by atoms with Crippen LogP contribution in [0.2, 0.25) is 0 Å². The number of imidazole rings is 1. The minimum absolute atomic E-state index is 0.0591. The number of thioether (sulfide) groups is 1. The first-order valence-electron chi connectivity index (χ1n) is 10.6. The number of nitrogens with one attached hydrogen (secondary N) is 1. The van der Waals surface area contributed by atoms with Crippen LogP contribution in [0.25, 0.3) is 11.2 Å². The monoisotopic (exact) mass is 448 g/mol. The molecule has 0 bridgehead atoms. The highest BCUT2D eigenvalue weighted by molar-refractivity contribution is 7.98. The summed E-state index contributed by atoms with van der Waals surface area (Å²) < 4.78 is 15.3. The Hall–Kier alpha value is -3.19. The molecule has 2 heterocycles. The van der Waals surface area contributed by atoms with E-state index in [4.69, 9.17) is 4.98 Å². The molecular formula is C25H25FN4OS. The molecule has 1 N–H and O–H groups in total. The van der Waals surface area contributed by atoms with E-state index in [1.165, 1.54) is 12.1 Å². The second-order valence-corrected chi connectivity index (χ2v) is 8.66. The lowest BCUT2D eigenvalue weighted by molar-refractivity contribution is 0.0939. The number of benzene rings is 2. The third-order valence-electron chi connectivity index (χ3n) is 5.30. The van der Waals surface area contributed by atoms with E-state index >= 15 is 0 Å². The van der Waals surface area contributed by atoms with Gasteiger partial charge in [0.1, 0.15) is 11.3 Å². The summed E-state index contributed by atoms with van der Waals surface area (Å²) in [6.45, 7) is 4.63. The fraction of sp³-hybridized carbons (Fsp3) is 0.240. The summed E-state index contributed by atoms with van der Waals surface area (Å²) >= 11 is 1.59. The van der Waals surface area contributed by atoms with Crippen molar-refractivity contribution in [3.8, 4) is 0 Å². The standard InChI is InChI=1S/C25H25FN4OS/c1-3-17(2)28-24(31)20-10-6-18(7-11-20)15-30-23-22(5-4-14-27-23)29-25(30)32-16-19-8-12-21(26)13-9-19/h4-14,17H,3,15-16H2,1-2H3,(H,28,31). The van der Waals surface area contributed by atoms with Crippen molar-refractivity contribution >= 4 is 28.8 Å². The lowest BCUT2D eigenvalue weighted by atomic mass is 10.1. The van der Waals surface area contributed by atoms with E-state index in [0.717, 1.165) is 33.9 Å². The molecule has 32 heavy (non-hydrogen) atoms. The summed E-state index contributed by atoms with van der Waals surface area (Å²) in [5.74, 6) is 0.380. The van der Waals surface area contributed by atoms with Crippen LogP contribution in [-0.2, 0) is 12.3 Å². The number of carbonyl (C=O) groups is 1. The highest BCUT2D eigenvalue weighted by Crippen LogP contribution is 2.27. The molecule has 5 nitrogen and oxygen atoms in total. The Bertz CT molecular complexity index is 1210. The highest BCUT2D eigenvalue weighted by atomic mass is 32.2. The normalized spacial score (nSPS) is 12.1. The number of hydrogen-bond donors (Lipinski definition) is 1. The maximum atomic E-state index is 13.2. The van der Waals surface area contributed by atoms with Crippen molar-refractivity contribution in [1.29, 1.82) is 0 Å². The molecule has 2 aromatic carbocycles. The van der Waals surface area contributed by atoms with Crippen molar-refractivity contribution in [2.45, 2.75) is 43.8 Å². The molecule has 7 heteroatoms. The Labute approximate surface area is 191 Å². The molecule has 0 saturated heterocycles. The topological polar surface area (TPSA) is 59.8 Å². The first-order chi connectivity index (χ1) is 15.5. The van der Waals surface area contributed by atoms with Gasteiger partial charge in [-0.3, -0.25) is 9.36 Å². The van der Waals surface area contributed by atoms with Crippen molar-refractivity contribution < 1.29 is 9.18 Å². The van der Waals surface area contributed by atoms with Crippen molar-refractivity contribution in [2.24, 2.45) is 0 Å². The first-order valence-corrected chi connectivity index (χ1v) is 11.6. The van der Waals surface area contributed by atoms with Gasteiger partial charge in [0.15, 0.2) is 10.8 Å². The van der Waals surface area contributed by atoms with Gasteiger partial charge in [-0.2, -0.15) is 0 Å². The number of amides is 1. The molecule has 1 atom stereocenters. The van der Waals surface area contributed by atoms with Crippen LogP contribution in [0.4, 0.5) is 4.39 Å². The molecule has 0 fully saturated rings. The fourth-order valence-electron chi connectivity index (χ4n) is 3.27. The van der Waals surface area contributed by atoms with Crippen LogP contribution < -0.4 is 5.32 Å². The molecule has 0 saturated carbocycles. The Morgan fingerprint density at radius 2 is 1.81 bits per heavy atom. The number of nitrogens with zero attached hydrogens (tertiary/aromatic N) is 3. The van der Waals surface area contributed by atoms with Crippen molar-refractivity contribution in [2.75, 3.05) is 0 Å². The SMILES string of the molecule is CCC(C)NC(=O)c1ccc(Cn2c(SCc3ccc(F)cc3)nc3cccnc32)cc1. The number of pyridine rings is 1. The number of carbonyl (C=O) groups excluding carboxylic acids is 1. The Balaban J connectivity index is 1.54. The molecule has 4 aromatic rings. The predicted octanol–water partition coefficient (Wildman–Crippen LogP) is 5.44. The van der Waals surface area contributed by atoms with Crippen LogP contribution in [-0.4, -0.2) is 26.5 Å². The van der Waals surface area contributed by atoms with E-state index in [1.54, 1.807) is 30.1 Å². The van der Waals surface area contributed by atoms with Gasteiger partial charge in [-0.05, 0) is 60.9 Å². The lowest BCUT2D eigenvalue weighted by Gasteiger charge is -2.12. The molecule has 0 radical (unpaired) electrons. The summed E-state index contributed by atoms with van der Waals surface area (Å²) in [4.78, 5) is 21.6. The molecule has 1 amide bonds. The average Bonchev–Trinajstić information content (AvgIpc) is 3.16. The largest absolute Gasteiger partial charge is 0.350 e. The zero-order valence-electron chi connectivity index (χ0n) is 18.1. The Morgan fingerprint density at radius 1 is 1.09 bits per heavy atom. The van der Waals surface area contributed by atoms with E-state index in [9.17, 15) is 9.18 Å². The van der Waals surface area contributed by atoms with Crippen molar-refractivity contribution in [3.05, 3.63) is 89.4 Å². The predicted molar refractivity (Wildman–Crippen MR) is 126 cm³/mol. The molecule has 0 spiro atoms. The first kappa shape index (κ1) is 22.0. The van der Waals surface area contributed by atoms with Gasteiger partial charge in [-0.25, -0.2) is 14.4 Å². The van der Waals surface area contributed by atoms with E-state index in [-0.39, 0.29) is 17.8 Å². The van der Waals surface area contributed by atoms with E-state index in [2.05, 4.69) is 14.9 Å². The van der Waals surface area contributed by atoms with Crippen LogP contribution in [0.1, 0.15) is 41.8 Å². The molecular weight excluding hydrogens is 423 g/mol. The summed E-state index contributed by atoms with van der Waals surface area (Å²) in [6.07, 6.45) is 2.65. The zero-order valence-corrected chi connectivity index (χ0v) is 18.9. The number of rotatable bonds is 8. The van der Waals surface area contributed by atoms with Crippen molar-refractivity contribution in [1.82, 2.24) is 19.9 Å². The summed E-state index contributed by atoms with van der Waals surface area (Å²) in [6, 6.07) is 18.1. The van der Waals surface area contributed by atoms with Crippen molar-refractivity contribution in [3.63, 3.8) is 0 Å². The van der Waals surface area contributed by atoms with Gasteiger partial charge >= 0.3 is 0 Å². The molecule has 0 aliphatic rings. The zero-order chi connectivity index (χ0) is 22.5. The second kappa shape index (κ2) is 9.96. The van der Waals surface area contributed by atoms with E-state index in [1.807, 2.05) is 50.2 Å². The van der Waals surface area contributed by atoms with Gasteiger partial charge in [0, 0.05) is 23.6 Å². The van der Waals surface area contributed by atoms with Gasteiger partial charge in [0.25, 0.3) is 5.91 Å². The maximum Gasteiger partial charge on any atom is 0.251 e. The number of fused-ring (bicyclic) bond motifs is 1. The lowest BCUT2D eigenvalue weighted by Crippen LogP contribution is -2.31. The minimum Gasteiger partial charge on any atom is -0.350 e. The third kappa shape index (κ3) is 5.16. The van der Waals surface area contributed by atoms with Crippen LogP contribution in [0, 0.1) is 5.82 Å². The molecule has 164 valence electrons. The van der Waals surface area contributed by atoms with Gasteiger partial charge < -0.3 is 5.32 Å². The Kier molecular flexibility index (Phi) is 6.85. The second-order valence-electron chi connectivity index (χ2n) is 7.72. The fourth-order valence-corrected chi connectivity index (χ4v) is 4.23. The van der Waals surface area contributed by atoms with E-state index < -0.39 is 0 Å². The minimum atomic E-state index is -0.239. The Morgan fingerprint density at radius 3 is 2.53 bits per heavy atom. The third-order valence-corrected chi connectivity index (χ3v) is 6.34. The van der Waals surface area contributed by atoms with E-state index in [0.29, 0.717) is 17.9 Å². The summed E-state index contributed by atoms with van der Waals surface area (Å²) in [7, 11) is 0.